The fraction of sp³-hybridized carbons (Fsp3) is 0.0833. The molecular weight excluding hydrogens is 453 g/mol. The molecule has 0 radical (unpaired) electrons. The summed E-state index contributed by atoms with van der Waals surface area (Å²) in [6, 6.07) is 14.3. The maximum Gasteiger partial charge on any atom is 0.269 e. The second kappa shape index (κ2) is 8.78. The topological polar surface area (TPSA) is 128 Å². The second-order valence-corrected chi connectivity index (χ2v) is 7.82. The Labute approximate surface area is 198 Å². The monoisotopic (exact) mass is 471 g/mol. The molecule has 174 valence electrons. The number of carbonyl (C=O) groups excluding carboxylic acids is 1. The van der Waals surface area contributed by atoms with Gasteiger partial charge in [0.25, 0.3) is 11.6 Å². The van der Waals surface area contributed by atoms with Crippen LogP contribution in [-0.4, -0.2) is 30.6 Å². The van der Waals surface area contributed by atoms with Gasteiger partial charge in [-0.2, -0.15) is 4.98 Å². The molecule has 1 atom stereocenters. The average Bonchev–Trinajstić information content (AvgIpc) is 3.27. The number of nitro groups is 1. The van der Waals surface area contributed by atoms with Gasteiger partial charge in [-0.05, 0) is 48.9 Å². The minimum atomic E-state index is -0.815. The Morgan fingerprint density at radius 3 is 2.69 bits per heavy atom. The maximum atomic E-state index is 13.4. The van der Waals surface area contributed by atoms with E-state index in [9.17, 15) is 19.3 Å². The normalized spacial score (nSPS) is 14.7. The Bertz CT molecular complexity index is 1470. The van der Waals surface area contributed by atoms with Crippen molar-refractivity contribution in [3.8, 4) is 11.4 Å². The van der Waals surface area contributed by atoms with Crippen molar-refractivity contribution in [1.29, 1.82) is 0 Å². The summed E-state index contributed by atoms with van der Waals surface area (Å²) >= 11 is 0. The molecule has 0 fully saturated rings. The number of pyridine rings is 1. The Morgan fingerprint density at radius 1 is 1.17 bits per heavy atom. The highest BCUT2D eigenvalue weighted by atomic mass is 19.1. The van der Waals surface area contributed by atoms with Gasteiger partial charge in [0, 0.05) is 29.6 Å². The Hall–Kier alpha value is -4.93. The summed E-state index contributed by atoms with van der Waals surface area (Å²) in [4.78, 5) is 32.9. The first-order valence-corrected chi connectivity index (χ1v) is 10.6. The molecule has 2 aromatic carbocycles. The van der Waals surface area contributed by atoms with Crippen LogP contribution in [0.15, 0.2) is 84.3 Å². The lowest BCUT2D eigenvalue weighted by molar-refractivity contribution is -0.384. The minimum absolute atomic E-state index is 0.119. The highest BCUT2D eigenvalue weighted by Crippen LogP contribution is 2.37. The van der Waals surface area contributed by atoms with Gasteiger partial charge in [-0.25, -0.2) is 9.07 Å². The van der Waals surface area contributed by atoms with Crippen LogP contribution in [0.1, 0.15) is 18.5 Å². The molecule has 10 nitrogen and oxygen atoms in total. The van der Waals surface area contributed by atoms with Crippen molar-refractivity contribution in [3.05, 3.63) is 106 Å². The Balaban J connectivity index is 1.63. The van der Waals surface area contributed by atoms with E-state index in [0.29, 0.717) is 39.9 Å². The summed E-state index contributed by atoms with van der Waals surface area (Å²) in [5.41, 5.74) is 2.24. The first kappa shape index (κ1) is 21.9. The average molecular weight is 471 g/mol. The lowest BCUT2D eigenvalue weighted by Crippen LogP contribution is -2.31. The van der Waals surface area contributed by atoms with E-state index in [2.05, 4.69) is 25.7 Å². The number of halogens is 1. The molecule has 1 unspecified atom stereocenters. The van der Waals surface area contributed by atoms with Crippen molar-refractivity contribution in [1.82, 2.24) is 19.7 Å². The second-order valence-electron chi connectivity index (χ2n) is 7.82. The lowest BCUT2D eigenvalue weighted by atomic mass is 9.94. The molecule has 0 aliphatic carbocycles. The molecule has 1 aliphatic rings. The standard InChI is InChI=1S/C24H18FN7O3/c1-14-20(23(33)28-18-5-3-11-26-13-18)21(16-4-2-6-19(12-16)32(34)35)31-24(27-14)29-22(30-31)15-7-9-17(25)10-8-15/h2-13,21H,1H3,(H,28,33)(H,27,29,30). The minimum Gasteiger partial charge on any atom is -0.328 e. The lowest BCUT2D eigenvalue weighted by Gasteiger charge is -2.28. The van der Waals surface area contributed by atoms with E-state index in [1.165, 1.54) is 35.1 Å². The van der Waals surface area contributed by atoms with Crippen LogP contribution in [0, 0.1) is 15.9 Å². The molecule has 35 heavy (non-hydrogen) atoms. The molecule has 0 saturated heterocycles. The fourth-order valence-corrected chi connectivity index (χ4v) is 3.92. The van der Waals surface area contributed by atoms with Gasteiger partial charge in [0.05, 0.1) is 22.4 Å². The number of aromatic nitrogens is 4. The molecule has 1 aliphatic heterocycles. The molecule has 0 spiro atoms. The summed E-state index contributed by atoms with van der Waals surface area (Å²) in [6.07, 6.45) is 3.10. The van der Waals surface area contributed by atoms with Crippen molar-refractivity contribution in [2.45, 2.75) is 13.0 Å². The third-order valence-corrected chi connectivity index (χ3v) is 5.52. The zero-order valence-corrected chi connectivity index (χ0v) is 18.3. The zero-order valence-electron chi connectivity index (χ0n) is 18.3. The van der Waals surface area contributed by atoms with Gasteiger partial charge >= 0.3 is 0 Å². The van der Waals surface area contributed by atoms with Crippen LogP contribution < -0.4 is 10.6 Å². The third kappa shape index (κ3) is 4.22. The van der Waals surface area contributed by atoms with Crippen LogP contribution >= 0.6 is 0 Å². The van der Waals surface area contributed by atoms with E-state index in [1.54, 1.807) is 49.5 Å². The van der Waals surface area contributed by atoms with E-state index in [0.717, 1.165) is 0 Å². The number of nitrogens with zero attached hydrogens (tertiary/aromatic N) is 5. The maximum absolute atomic E-state index is 13.4. The van der Waals surface area contributed by atoms with Crippen LogP contribution in [0.3, 0.4) is 0 Å². The Kier molecular flexibility index (Phi) is 5.49. The van der Waals surface area contributed by atoms with E-state index < -0.39 is 22.7 Å². The number of nitro benzene ring substituents is 1. The predicted octanol–water partition coefficient (Wildman–Crippen LogP) is 4.32. The number of hydrogen-bond donors (Lipinski definition) is 2. The molecule has 1 amide bonds. The zero-order chi connectivity index (χ0) is 24.5. The quantitative estimate of drug-likeness (QED) is 0.328. The van der Waals surface area contributed by atoms with Crippen molar-refractivity contribution in [2.24, 2.45) is 0 Å². The number of amides is 1. The molecule has 0 saturated carbocycles. The number of fused-ring (bicyclic) bond motifs is 1. The van der Waals surface area contributed by atoms with Crippen LogP contribution in [0.5, 0.6) is 0 Å². The summed E-state index contributed by atoms with van der Waals surface area (Å²) in [6.45, 7) is 1.72. The number of anilines is 2. The third-order valence-electron chi connectivity index (χ3n) is 5.52. The molecule has 2 N–H and O–H groups in total. The number of benzene rings is 2. The van der Waals surface area contributed by atoms with Gasteiger partial charge in [-0.3, -0.25) is 19.9 Å². The summed E-state index contributed by atoms with van der Waals surface area (Å²) in [7, 11) is 0. The molecule has 2 aromatic heterocycles. The predicted molar refractivity (Wildman–Crippen MR) is 126 cm³/mol. The summed E-state index contributed by atoms with van der Waals surface area (Å²) < 4.78 is 14.9. The van der Waals surface area contributed by atoms with Gasteiger partial charge in [0.2, 0.25) is 5.95 Å². The SMILES string of the molecule is CC1=C(C(=O)Nc2cccnc2)C(c2cccc([N+](=O)[O-])c2)n2nc(-c3ccc(F)cc3)nc2N1. The van der Waals surface area contributed by atoms with E-state index in [4.69, 9.17) is 0 Å². The van der Waals surface area contributed by atoms with Crippen molar-refractivity contribution in [2.75, 3.05) is 10.6 Å². The van der Waals surface area contributed by atoms with Crippen LogP contribution in [0.25, 0.3) is 11.4 Å². The van der Waals surface area contributed by atoms with Gasteiger partial charge in [-0.1, -0.05) is 12.1 Å². The number of non-ortho nitro benzene ring substituents is 1. The molecule has 4 aromatic rings. The summed E-state index contributed by atoms with van der Waals surface area (Å²) in [5.74, 6) is -0.165. The molecule has 0 bridgehead atoms. The molecular formula is C24H18FN7O3. The number of rotatable bonds is 5. The summed E-state index contributed by atoms with van der Waals surface area (Å²) in [5, 5.41) is 21.9. The number of carbonyl (C=O) groups is 1. The highest BCUT2D eigenvalue weighted by molar-refractivity contribution is 6.06. The van der Waals surface area contributed by atoms with Crippen molar-refractivity contribution in [3.63, 3.8) is 0 Å². The molecule has 3 heterocycles. The van der Waals surface area contributed by atoms with E-state index in [-0.39, 0.29) is 5.69 Å². The number of hydrogen-bond acceptors (Lipinski definition) is 7. The number of nitrogens with one attached hydrogen (secondary N) is 2. The first-order chi connectivity index (χ1) is 16.9. The van der Waals surface area contributed by atoms with Crippen LogP contribution in [0.4, 0.5) is 21.7 Å². The van der Waals surface area contributed by atoms with Gasteiger partial charge in [-0.15, -0.1) is 5.10 Å². The number of allylic oxidation sites excluding steroid dienone is 1. The van der Waals surface area contributed by atoms with Crippen LogP contribution in [-0.2, 0) is 4.79 Å². The Morgan fingerprint density at radius 2 is 1.97 bits per heavy atom. The van der Waals surface area contributed by atoms with E-state index >= 15 is 0 Å². The smallest absolute Gasteiger partial charge is 0.269 e. The highest BCUT2D eigenvalue weighted by Gasteiger charge is 2.35. The van der Waals surface area contributed by atoms with E-state index in [1.807, 2.05) is 0 Å². The van der Waals surface area contributed by atoms with Crippen molar-refractivity contribution < 1.29 is 14.1 Å². The first-order valence-electron chi connectivity index (χ1n) is 10.6. The fourth-order valence-electron chi connectivity index (χ4n) is 3.92. The molecule has 11 heteroatoms. The largest absolute Gasteiger partial charge is 0.328 e. The van der Waals surface area contributed by atoms with Gasteiger partial charge in [0.1, 0.15) is 11.9 Å². The van der Waals surface area contributed by atoms with Gasteiger partial charge in [0.15, 0.2) is 5.82 Å². The van der Waals surface area contributed by atoms with Gasteiger partial charge < -0.3 is 10.6 Å². The van der Waals surface area contributed by atoms with Crippen molar-refractivity contribution >= 4 is 23.2 Å². The van der Waals surface area contributed by atoms with Crippen LogP contribution in [0.2, 0.25) is 0 Å². The molecule has 5 rings (SSSR count).